The van der Waals surface area contributed by atoms with Crippen LogP contribution in [0.25, 0.3) is 0 Å². The Bertz CT molecular complexity index is 1100. The van der Waals surface area contributed by atoms with Gasteiger partial charge >= 0.3 is 5.97 Å². The largest absolute Gasteiger partial charge is 0.497 e. The number of nitrogens with zero attached hydrogens (tertiary/aromatic N) is 2. The lowest BCUT2D eigenvalue weighted by molar-refractivity contribution is -0.135. The predicted molar refractivity (Wildman–Crippen MR) is 121 cm³/mol. The van der Waals surface area contributed by atoms with Crippen LogP contribution in [-0.4, -0.2) is 44.6 Å². The van der Waals surface area contributed by atoms with Crippen LogP contribution >= 0.6 is 11.8 Å². The number of benzene rings is 2. The third kappa shape index (κ3) is 6.11. The quantitative estimate of drug-likeness (QED) is 0.282. The highest BCUT2D eigenvalue weighted by molar-refractivity contribution is 8.18. The maximum absolute atomic E-state index is 11.8. The van der Waals surface area contributed by atoms with Crippen molar-refractivity contribution in [3.63, 3.8) is 0 Å². The molecule has 1 fully saturated rings. The highest BCUT2D eigenvalue weighted by atomic mass is 32.2. The smallest absolute Gasteiger partial charge is 0.331 e. The van der Waals surface area contributed by atoms with Gasteiger partial charge in [-0.15, -0.1) is 5.10 Å². The Morgan fingerprint density at radius 2 is 1.94 bits per heavy atom. The molecule has 2 aromatic rings. The number of amidine groups is 1. The first-order valence-corrected chi connectivity index (χ1v) is 10.2. The minimum absolute atomic E-state index is 0.184. The summed E-state index contributed by atoms with van der Waals surface area (Å²) < 4.78 is 21.0. The first kappa shape index (κ1) is 22.9. The fourth-order valence-electron chi connectivity index (χ4n) is 2.60. The number of hydrogen-bond donors (Lipinski definition) is 1. The zero-order valence-electron chi connectivity index (χ0n) is 17.7. The van der Waals surface area contributed by atoms with Gasteiger partial charge in [0.1, 0.15) is 12.4 Å². The predicted octanol–water partition coefficient (Wildman–Crippen LogP) is 2.89. The number of ether oxygens (including phenoxy) is 4. The fraction of sp³-hybridized carbons (Fsp3) is 0.182. The molecule has 32 heavy (non-hydrogen) atoms. The van der Waals surface area contributed by atoms with E-state index in [9.17, 15) is 9.59 Å². The van der Waals surface area contributed by atoms with Gasteiger partial charge in [0.05, 0.1) is 32.4 Å². The molecule has 1 amide bonds. The van der Waals surface area contributed by atoms with Crippen molar-refractivity contribution in [3.8, 4) is 17.2 Å². The van der Waals surface area contributed by atoms with E-state index in [1.807, 2.05) is 24.3 Å². The summed E-state index contributed by atoms with van der Waals surface area (Å²) in [5.41, 5.74) is 1.66. The second-order valence-electron chi connectivity index (χ2n) is 6.29. The average Bonchev–Trinajstić information content (AvgIpc) is 3.16. The number of amides is 1. The number of rotatable bonds is 8. The van der Waals surface area contributed by atoms with Crippen LogP contribution in [0.1, 0.15) is 11.1 Å². The van der Waals surface area contributed by atoms with E-state index in [4.69, 9.17) is 14.2 Å². The van der Waals surface area contributed by atoms with Gasteiger partial charge in [-0.05, 0) is 53.2 Å². The third-order valence-electron chi connectivity index (χ3n) is 4.17. The summed E-state index contributed by atoms with van der Waals surface area (Å²) in [7, 11) is 4.41. The Morgan fingerprint density at radius 3 is 2.69 bits per heavy atom. The summed E-state index contributed by atoms with van der Waals surface area (Å²) >= 11 is 0.996. The zero-order chi connectivity index (χ0) is 22.9. The number of esters is 1. The van der Waals surface area contributed by atoms with Crippen LogP contribution in [0.2, 0.25) is 0 Å². The molecule has 0 radical (unpaired) electrons. The molecule has 0 saturated carbocycles. The van der Waals surface area contributed by atoms with E-state index in [-0.39, 0.29) is 10.1 Å². The Hall–Kier alpha value is -3.79. The van der Waals surface area contributed by atoms with Gasteiger partial charge in [-0.3, -0.25) is 10.1 Å². The molecule has 1 saturated heterocycles. The third-order valence-corrected chi connectivity index (χ3v) is 5.07. The molecule has 0 aliphatic carbocycles. The Balaban J connectivity index is 1.69. The molecule has 1 aliphatic heterocycles. The van der Waals surface area contributed by atoms with Gasteiger partial charge in [0.25, 0.3) is 5.91 Å². The number of carbonyl (C=O) groups is 2. The lowest BCUT2D eigenvalue weighted by Gasteiger charge is -2.12. The SMILES string of the molecule is COC(=O)/C=C1/S/C(=N\N=Cc2ccc(OC)c(OCc3cccc(OC)c3)c2)NC1=O. The van der Waals surface area contributed by atoms with Crippen molar-refractivity contribution in [1.82, 2.24) is 5.32 Å². The number of methoxy groups -OCH3 is 3. The van der Waals surface area contributed by atoms with Crippen molar-refractivity contribution in [2.24, 2.45) is 10.2 Å². The van der Waals surface area contributed by atoms with Gasteiger partial charge < -0.3 is 18.9 Å². The van der Waals surface area contributed by atoms with E-state index in [0.29, 0.717) is 18.1 Å². The maximum Gasteiger partial charge on any atom is 0.331 e. The first-order valence-electron chi connectivity index (χ1n) is 9.36. The van der Waals surface area contributed by atoms with E-state index in [1.165, 1.54) is 13.3 Å². The van der Waals surface area contributed by atoms with Crippen LogP contribution < -0.4 is 19.5 Å². The van der Waals surface area contributed by atoms with Crippen molar-refractivity contribution in [2.45, 2.75) is 6.61 Å². The van der Waals surface area contributed by atoms with Gasteiger partial charge in [-0.25, -0.2) is 4.79 Å². The molecule has 1 N–H and O–H groups in total. The highest BCUT2D eigenvalue weighted by Crippen LogP contribution is 2.29. The van der Waals surface area contributed by atoms with E-state index in [0.717, 1.165) is 34.7 Å². The highest BCUT2D eigenvalue weighted by Gasteiger charge is 2.25. The number of nitrogens with one attached hydrogen (secondary N) is 1. The molecule has 0 spiro atoms. The molecule has 10 heteroatoms. The van der Waals surface area contributed by atoms with E-state index < -0.39 is 11.9 Å². The topological polar surface area (TPSA) is 108 Å². The van der Waals surface area contributed by atoms with Crippen molar-refractivity contribution >= 4 is 35.0 Å². The molecule has 9 nitrogen and oxygen atoms in total. The molecule has 3 rings (SSSR count). The molecule has 0 atom stereocenters. The second kappa shape index (κ2) is 11.0. The molecular formula is C22H21N3O6S. The summed E-state index contributed by atoms with van der Waals surface area (Å²) in [6, 6.07) is 12.9. The van der Waals surface area contributed by atoms with Crippen LogP contribution in [0.3, 0.4) is 0 Å². The van der Waals surface area contributed by atoms with Crippen LogP contribution in [0.4, 0.5) is 0 Å². The molecule has 1 heterocycles. The maximum atomic E-state index is 11.8. The summed E-state index contributed by atoms with van der Waals surface area (Å²) in [5, 5.41) is 10.8. The van der Waals surface area contributed by atoms with Crippen LogP contribution in [0.5, 0.6) is 17.2 Å². The van der Waals surface area contributed by atoms with Gasteiger partial charge in [0.2, 0.25) is 0 Å². The van der Waals surface area contributed by atoms with Crippen molar-refractivity contribution in [2.75, 3.05) is 21.3 Å². The molecule has 2 aromatic carbocycles. The summed E-state index contributed by atoms with van der Waals surface area (Å²) in [5.74, 6) is 0.810. The molecule has 1 aliphatic rings. The molecule has 0 unspecified atom stereocenters. The minimum Gasteiger partial charge on any atom is -0.497 e. The minimum atomic E-state index is -0.618. The number of hydrogen-bond acceptors (Lipinski definition) is 9. The lowest BCUT2D eigenvalue weighted by Crippen LogP contribution is -2.19. The van der Waals surface area contributed by atoms with Crippen LogP contribution in [-0.2, 0) is 20.9 Å². The summed E-state index contributed by atoms with van der Waals surface area (Å²) in [6.45, 7) is 0.328. The van der Waals surface area contributed by atoms with E-state index >= 15 is 0 Å². The molecule has 166 valence electrons. The number of carbonyl (C=O) groups excluding carboxylic acids is 2. The van der Waals surface area contributed by atoms with Gasteiger partial charge in [-0.2, -0.15) is 5.10 Å². The monoisotopic (exact) mass is 455 g/mol. The standard InChI is InChI=1S/C22H21N3O6S/c1-28-16-6-4-5-15(9-16)13-31-18-10-14(7-8-17(18)29-2)12-23-25-22-24-21(27)19(32-22)11-20(26)30-3/h4-12H,13H2,1-3H3,(H,24,25,27)/b19-11+,23-12?. The van der Waals surface area contributed by atoms with Gasteiger partial charge in [0, 0.05) is 6.08 Å². The zero-order valence-corrected chi connectivity index (χ0v) is 18.5. The lowest BCUT2D eigenvalue weighted by atomic mass is 10.2. The molecular weight excluding hydrogens is 434 g/mol. The first-order chi connectivity index (χ1) is 15.5. The van der Waals surface area contributed by atoms with Crippen molar-refractivity contribution in [1.29, 1.82) is 0 Å². The fourth-order valence-corrected chi connectivity index (χ4v) is 3.34. The van der Waals surface area contributed by atoms with E-state index in [1.54, 1.807) is 32.4 Å². The van der Waals surface area contributed by atoms with Crippen molar-refractivity contribution in [3.05, 3.63) is 64.6 Å². The van der Waals surface area contributed by atoms with Crippen molar-refractivity contribution < 1.29 is 28.5 Å². The van der Waals surface area contributed by atoms with Crippen LogP contribution in [0, 0.1) is 0 Å². The van der Waals surface area contributed by atoms with Gasteiger partial charge in [0.15, 0.2) is 16.7 Å². The van der Waals surface area contributed by atoms with Crippen LogP contribution in [0.15, 0.2) is 63.6 Å². The molecule has 0 bridgehead atoms. The Labute approximate surface area is 189 Å². The average molecular weight is 455 g/mol. The Morgan fingerprint density at radius 1 is 1.09 bits per heavy atom. The molecule has 0 aromatic heterocycles. The van der Waals surface area contributed by atoms with Gasteiger partial charge in [-0.1, -0.05) is 12.1 Å². The Kier molecular flexibility index (Phi) is 7.87. The summed E-state index contributed by atoms with van der Waals surface area (Å²) in [6.07, 6.45) is 2.61. The second-order valence-corrected chi connectivity index (χ2v) is 7.32. The summed E-state index contributed by atoms with van der Waals surface area (Å²) in [4.78, 5) is 23.3. The number of thioether (sulfide) groups is 1. The van der Waals surface area contributed by atoms with E-state index in [2.05, 4.69) is 20.3 Å². The normalized spacial score (nSPS) is 15.8.